The van der Waals surface area contributed by atoms with Crippen molar-refractivity contribution >= 4 is 17.2 Å². The van der Waals surface area contributed by atoms with E-state index in [1.54, 1.807) is 11.3 Å². The second-order valence-electron chi connectivity index (χ2n) is 5.54. The van der Waals surface area contributed by atoms with Crippen LogP contribution in [0.5, 0.6) is 5.75 Å². The van der Waals surface area contributed by atoms with Gasteiger partial charge in [0.15, 0.2) is 0 Å². The maximum Gasteiger partial charge on any atom is 0.226 e. The zero-order chi connectivity index (χ0) is 16.1. The molecule has 2 N–H and O–H groups in total. The van der Waals surface area contributed by atoms with Gasteiger partial charge in [-0.3, -0.25) is 4.79 Å². The molecule has 1 aliphatic heterocycles. The molecule has 1 saturated heterocycles. The second-order valence-corrected chi connectivity index (χ2v) is 6.39. The predicted molar refractivity (Wildman–Crippen MR) is 91.8 cm³/mol. The van der Waals surface area contributed by atoms with Gasteiger partial charge in [0.05, 0.1) is 18.7 Å². The summed E-state index contributed by atoms with van der Waals surface area (Å²) in [5, 5.41) is 9.17. The van der Waals surface area contributed by atoms with Gasteiger partial charge >= 0.3 is 0 Å². The number of thiazole rings is 1. The van der Waals surface area contributed by atoms with Gasteiger partial charge in [-0.15, -0.1) is 11.3 Å². The maximum absolute atomic E-state index is 12.0. The van der Waals surface area contributed by atoms with Crippen LogP contribution in [0.25, 0.3) is 10.6 Å². The molecule has 3 rings (SSSR count). The first-order valence-electron chi connectivity index (χ1n) is 7.92. The van der Waals surface area contributed by atoms with Gasteiger partial charge in [-0.05, 0) is 44.2 Å². The quantitative estimate of drug-likeness (QED) is 0.852. The Morgan fingerprint density at radius 3 is 2.96 bits per heavy atom. The maximum atomic E-state index is 12.0. The molecule has 1 atom stereocenters. The van der Waals surface area contributed by atoms with Crippen molar-refractivity contribution in [2.75, 3.05) is 19.7 Å². The van der Waals surface area contributed by atoms with Gasteiger partial charge in [0.2, 0.25) is 5.91 Å². The van der Waals surface area contributed by atoms with E-state index in [1.165, 1.54) is 0 Å². The fourth-order valence-electron chi connectivity index (χ4n) is 2.60. The minimum absolute atomic E-state index is 0.0437. The van der Waals surface area contributed by atoms with Crippen LogP contribution >= 0.6 is 11.3 Å². The van der Waals surface area contributed by atoms with Crippen LogP contribution in [0.4, 0.5) is 0 Å². The van der Waals surface area contributed by atoms with Crippen LogP contribution in [0, 0.1) is 0 Å². The van der Waals surface area contributed by atoms with Gasteiger partial charge in [-0.2, -0.15) is 0 Å². The highest BCUT2D eigenvalue weighted by molar-refractivity contribution is 7.13. The lowest BCUT2D eigenvalue weighted by atomic mass is 10.2. The molecule has 122 valence electrons. The lowest BCUT2D eigenvalue weighted by Crippen LogP contribution is -2.37. The summed E-state index contributed by atoms with van der Waals surface area (Å²) in [5.41, 5.74) is 1.87. The van der Waals surface area contributed by atoms with Crippen molar-refractivity contribution in [3.63, 3.8) is 0 Å². The van der Waals surface area contributed by atoms with Gasteiger partial charge in [-0.1, -0.05) is 0 Å². The molecule has 0 bridgehead atoms. The fourth-order valence-corrected chi connectivity index (χ4v) is 3.43. The first kappa shape index (κ1) is 16.0. The van der Waals surface area contributed by atoms with E-state index < -0.39 is 0 Å². The van der Waals surface area contributed by atoms with E-state index in [1.807, 2.05) is 36.6 Å². The molecule has 0 aliphatic carbocycles. The molecule has 1 aromatic heterocycles. The molecule has 1 unspecified atom stereocenters. The number of ether oxygens (including phenoxy) is 1. The topological polar surface area (TPSA) is 63.2 Å². The van der Waals surface area contributed by atoms with E-state index in [0.717, 1.165) is 41.5 Å². The second kappa shape index (κ2) is 7.57. The summed E-state index contributed by atoms with van der Waals surface area (Å²) in [6.45, 7) is 4.46. The number of rotatable bonds is 6. The largest absolute Gasteiger partial charge is 0.494 e. The molecule has 2 heterocycles. The molecule has 1 amide bonds. The van der Waals surface area contributed by atoms with Crippen molar-refractivity contribution in [3.05, 3.63) is 35.3 Å². The molecule has 1 aromatic carbocycles. The van der Waals surface area contributed by atoms with Gasteiger partial charge < -0.3 is 15.4 Å². The number of amides is 1. The summed E-state index contributed by atoms with van der Waals surface area (Å²) >= 11 is 1.56. The molecule has 0 saturated carbocycles. The smallest absolute Gasteiger partial charge is 0.226 e. The standard InChI is InChI=1S/C17H21N3O2S/c1-2-22-15-5-3-12(4-6-15)17-20-14(11-23-17)9-16(21)19-13-7-8-18-10-13/h3-6,11,13,18H,2,7-10H2,1H3,(H,19,21). The number of carbonyl (C=O) groups is 1. The molecule has 1 aliphatic rings. The molecule has 0 spiro atoms. The summed E-state index contributed by atoms with van der Waals surface area (Å²) in [5.74, 6) is 0.903. The van der Waals surface area contributed by atoms with Gasteiger partial charge in [0.25, 0.3) is 0 Å². The van der Waals surface area contributed by atoms with Gasteiger partial charge in [-0.25, -0.2) is 4.98 Å². The van der Waals surface area contributed by atoms with Crippen molar-refractivity contribution in [1.82, 2.24) is 15.6 Å². The third-order valence-corrected chi connectivity index (χ3v) is 4.67. The average Bonchev–Trinajstić information content (AvgIpc) is 3.20. The molecular formula is C17H21N3O2S. The number of benzene rings is 1. The Morgan fingerprint density at radius 1 is 1.43 bits per heavy atom. The number of nitrogens with zero attached hydrogens (tertiary/aromatic N) is 1. The fraction of sp³-hybridized carbons (Fsp3) is 0.412. The molecule has 1 fully saturated rings. The van der Waals surface area contributed by atoms with E-state index in [2.05, 4.69) is 15.6 Å². The minimum Gasteiger partial charge on any atom is -0.494 e. The van der Waals surface area contributed by atoms with Crippen LogP contribution in [-0.2, 0) is 11.2 Å². The Bertz CT molecular complexity index is 648. The van der Waals surface area contributed by atoms with Crippen LogP contribution in [0.15, 0.2) is 29.6 Å². The number of hydrogen-bond acceptors (Lipinski definition) is 5. The van der Waals surface area contributed by atoms with Crippen LogP contribution < -0.4 is 15.4 Å². The number of aromatic nitrogens is 1. The molecule has 5 nitrogen and oxygen atoms in total. The zero-order valence-corrected chi connectivity index (χ0v) is 14.0. The van der Waals surface area contributed by atoms with Crippen molar-refractivity contribution < 1.29 is 9.53 Å². The van der Waals surface area contributed by atoms with Crippen LogP contribution in [0.1, 0.15) is 19.0 Å². The average molecular weight is 331 g/mol. The van der Waals surface area contributed by atoms with Gasteiger partial charge in [0.1, 0.15) is 10.8 Å². The Balaban J connectivity index is 1.59. The predicted octanol–water partition coefficient (Wildman–Crippen LogP) is 2.23. The first-order chi connectivity index (χ1) is 11.2. The van der Waals surface area contributed by atoms with Crippen molar-refractivity contribution in [2.45, 2.75) is 25.8 Å². The monoisotopic (exact) mass is 331 g/mol. The lowest BCUT2D eigenvalue weighted by molar-refractivity contribution is -0.121. The lowest BCUT2D eigenvalue weighted by Gasteiger charge is -2.10. The molecule has 0 radical (unpaired) electrons. The third kappa shape index (κ3) is 4.30. The first-order valence-corrected chi connectivity index (χ1v) is 8.80. The summed E-state index contributed by atoms with van der Waals surface area (Å²) in [4.78, 5) is 16.6. The highest BCUT2D eigenvalue weighted by atomic mass is 32.1. The Hall–Kier alpha value is -1.92. The highest BCUT2D eigenvalue weighted by Gasteiger charge is 2.17. The Morgan fingerprint density at radius 2 is 2.26 bits per heavy atom. The molecule has 6 heteroatoms. The Labute approximate surface area is 140 Å². The van der Waals surface area contributed by atoms with E-state index in [4.69, 9.17) is 4.74 Å². The van der Waals surface area contributed by atoms with Crippen LogP contribution in [-0.4, -0.2) is 36.6 Å². The summed E-state index contributed by atoms with van der Waals surface area (Å²) in [7, 11) is 0. The van der Waals surface area contributed by atoms with Crippen LogP contribution in [0.2, 0.25) is 0 Å². The molecule has 23 heavy (non-hydrogen) atoms. The van der Waals surface area contributed by atoms with E-state index >= 15 is 0 Å². The minimum atomic E-state index is 0.0437. The number of nitrogens with one attached hydrogen (secondary N) is 2. The third-order valence-electron chi connectivity index (χ3n) is 3.73. The normalized spacial score (nSPS) is 17.2. The highest BCUT2D eigenvalue weighted by Crippen LogP contribution is 2.26. The van der Waals surface area contributed by atoms with Crippen molar-refractivity contribution in [1.29, 1.82) is 0 Å². The van der Waals surface area contributed by atoms with Crippen molar-refractivity contribution in [3.8, 4) is 16.3 Å². The number of hydrogen-bond donors (Lipinski definition) is 2. The molecule has 2 aromatic rings. The van der Waals surface area contributed by atoms with Crippen LogP contribution in [0.3, 0.4) is 0 Å². The zero-order valence-electron chi connectivity index (χ0n) is 13.2. The number of carbonyl (C=O) groups excluding carboxylic acids is 1. The Kier molecular flexibility index (Phi) is 5.25. The van der Waals surface area contributed by atoms with Gasteiger partial charge in [0, 0.05) is 23.5 Å². The van der Waals surface area contributed by atoms with E-state index in [-0.39, 0.29) is 11.9 Å². The van der Waals surface area contributed by atoms with Crippen molar-refractivity contribution in [2.24, 2.45) is 0 Å². The van der Waals surface area contributed by atoms with E-state index in [0.29, 0.717) is 13.0 Å². The molecular weight excluding hydrogens is 310 g/mol. The summed E-state index contributed by atoms with van der Waals surface area (Å²) < 4.78 is 5.44. The summed E-state index contributed by atoms with van der Waals surface area (Å²) in [6, 6.07) is 8.14. The summed E-state index contributed by atoms with van der Waals surface area (Å²) in [6.07, 6.45) is 1.34. The SMILES string of the molecule is CCOc1ccc(-c2nc(CC(=O)NC3CCNC3)cs2)cc1. The van der Waals surface area contributed by atoms with E-state index in [9.17, 15) is 4.79 Å².